The van der Waals surface area contributed by atoms with E-state index in [1.165, 1.54) is 22.3 Å². The summed E-state index contributed by atoms with van der Waals surface area (Å²) in [6, 6.07) is 33.2. The van der Waals surface area contributed by atoms with E-state index in [2.05, 4.69) is 110 Å². The molecule has 0 aromatic heterocycles. The maximum absolute atomic E-state index is 2.41. The molecule has 3 aromatic rings. The summed E-state index contributed by atoms with van der Waals surface area (Å²) < 4.78 is 0. The summed E-state index contributed by atoms with van der Waals surface area (Å²) >= 11 is 0. The van der Waals surface area contributed by atoms with Gasteiger partial charge in [0.1, 0.15) is 23.2 Å². The van der Waals surface area contributed by atoms with Gasteiger partial charge in [-0.2, -0.15) is 0 Å². The van der Waals surface area contributed by atoms with Gasteiger partial charge in [0.15, 0.2) is 0 Å². The topological polar surface area (TPSA) is 0 Å². The summed E-state index contributed by atoms with van der Waals surface area (Å²) in [5.74, 6) is 0. The average Bonchev–Trinajstić information content (AvgIpc) is 2.70. The predicted molar refractivity (Wildman–Crippen MR) is 114 cm³/mol. The maximum Gasteiger partial charge on any atom is 0.115 e. The number of unbranched alkanes of at least 4 members (excludes halogenated alkanes) is 1. The van der Waals surface area contributed by atoms with Gasteiger partial charge in [-0.15, -0.1) is 0 Å². The van der Waals surface area contributed by atoms with Crippen molar-refractivity contribution in [1.82, 2.24) is 0 Å². The maximum atomic E-state index is 2.41. The number of hydrogen-bond donors (Lipinski definition) is 0. The first kappa shape index (κ1) is 17.6. The second-order valence-corrected chi connectivity index (χ2v) is 9.79. The summed E-state index contributed by atoms with van der Waals surface area (Å²) in [4.78, 5) is 0. The van der Waals surface area contributed by atoms with Crippen molar-refractivity contribution >= 4 is 23.2 Å². The molecule has 0 saturated heterocycles. The van der Waals surface area contributed by atoms with Gasteiger partial charge in [-0.05, 0) is 42.8 Å². The highest BCUT2D eigenvalue weighted by molar-refractivity contribution is 7.95. The van der Waals surface area contributed by atoms with Gasteiger partial charge in [-0.1, -0.05) is 80.1 Å². The molecule has 0 aliphatic heterocycles. The Morgan fingerprint density at radius 2 is 1.00 bits per heavy atom. The first-order valence-electron chi connectivity index (χ1n) is 9.08. The Labute approximate surface area is 152 Å². The van der Waals surface area contributed by atoms with E-state index in [0.29, 0.717) is 0 Å². The largest absolute Gasteiger partial charge is 0.115 e. The summed E-state index contributed by atoms with van der Waals surface area (Å²) in [6.45, 7) is 2.23. The molecule has 3 rings (SSSR count). The van der Waals surface area contributed by atoms with E-state index < -0.39 is 7.26 Å². The molecule has 0 saturated carbocycles. The summed E-state index contributed by atoms with van der Waals surface area (Å²) in [5.41, 5.74) is 0. The zero-order chi connectivity index (χ0) is 17.4. The van der Waals surface area contributed by atoms with E-state index >= 15 is 0 Å². The molecule has 0 spiro atoms. The zero-order valence-corrected chi connectivity index (χ0v) is 15.8. The highest BCUT2D eigenvalue weighted by Gasteiger charge is 2.43. The number of rotatable bonds is 7. The Morgan fingerprint density at radius 1 is 0.600 bits per heavy atom. The quantitative estimate of drug-likeness (QED) is 0.401. The first-order valence-corrected chi connectivity index (χ1v) is 11.1. The van der Waals surface area contributed by atoms with Crippen molar-refractivity contribution in [1.29, 1.82) is 0 Å². The standard InChI is InChI=1S/C24H26P/c1-2-3-4-14-21-25(22-15-8-5-9-16-22,23-17-10-6-11-18-23)24-19-12-7-13-20-24/h4-20H,2-3,21H2,1H3/q+1. The van der Waals surface area contributed by atoms with E-state index in [1.807, 2.05) is 0 Å². The van der Waals surface area contributed by atoms with Gasteiger partial charge in [0.05, 0.1) is 6.16 Å². The normalized spacial score (nSPS) is 11.7. The molecule has 0 aliphatic rings. The smallest absolute Gasteiger partial charge is 0.0849 e. The fourth-order valence-corrected chi connectivity index (χ4v) is 7.36. The molecule has 0 fully saturated rings. The molecule has 0 atom stereocenters. The highest BCUT2D eigenvalue weighted by Crippen LogP contribution is 2.55. The van der Waals surface area contributed by atoms with Gasteiger partial charge in [-0.25, -0.2) is 0 Å². The molecule has 0 aliphatic carbocycles. The molecule has 0 nitrogen and oxygen atoms in total. The van der Waals surface area contributed by atoms with Gasteiger partial charge in [0.2, 0.25) is 0 Å². The Balaban J connectivity index is 2.20. The zero-order valence-electron chi connectivity index (χ0n) is 14.9. The molecule has 126 valence electrons. The van der Waals surface area contributed by atoms with E-state index in [1.54, 1.807) is 0 Å². The minimum Gasteiger partial charge on any atom is -0.0849 e. The van der Waals surface area contributed by atoms with Crippen LogP contribution in [0.2, 0.25) is 0 Å². The predicted octanol–water partition coefficient (Wildman–Crippen LogP) is 5.34. The third-order valence-electron chi connectivity index (χ3n) is 4.59. The average molecular weight is 345 g/mol. The Bertz CT molecular complexity index is 679. The molecule has 25 heavy (non-hydrogen) atoms. The third-order valence-corrected chi connectivity index (χ3v) is 8.89. The van der Waals surface area contributed by atoms with Crippen molar-refractivity contribution < 1.29 is 0 Å². The Kier molecular flexibility index (Phi) is 6.20. The molecular weight excluding hydrogens is 319 g/mol. The summed E-state index contributed by atoms with van der Waals surface area (Å²) in [5, 5.41) is 4.36. The van der Waals surface area contributed by atoms with Crippen molar-refractivity contribution in [3.63, 3.8) is 0 Å². The molecule has 1 heteroatoms. The third kappa shape index (κ3) is 3.91. The minimum atomic E-state index is -1.68. The van der Waals surface area contributed by atoms with Crippen LogP contribution in [0.5, 0.6) is 0 Å². The van der Waals surface area contributed by atoms with Crippen LogP contribution in [-0.2, 0) is 0 Å². The molecule has 0 heterocycles. The van der Waals surface area contributed by atoms with Crippen molar-refractivity contribution in [2.24, 2.45) is 0 Å². The monoisotopic (exact) mass is 345 g/mol. The SMILES string of the molecule is CCCC=CC[P+](c1ccccc1)(c1ccccc1)c1ccccc1. The van der Waals surface area contributed by atoms with Crippen molar-refractivity contribution in [2.45, 2.75) is 19.8 Å². The van der Waals surface area contributed by atoms with Crippen molar-refractivity contribution in [3.05, 3.63) is 103 Å². The van der Waals surface area contributed by atoms with E-state index in [4.69, 9.17) is 0 Å². The van der Waals surface area contributed by atoms with Crippen LogP contribution in [-0.4, -0.2) is 6.16 Å². The first-order chi connectivity index (χ1) is 12.4. The van der Waals surface area contributed by atoms with Gasteiger partial charge >= 0.3 is 0 Å². The molecule has 0 radical (unpaired) electrons. The molecular formula is C24H26P+. The lowest BCUT2D eigenvalue weighted by molar-refractivity contribution is 0.957. The van der Waals surface area contributed by atoms with Crippen LogP contribution >= 0.6 is 7.26 Å². The lowest BCUT2D eigenvalue weighted by Crippen LogP contribution is -2.32. The molecule has 0 amide bonds. The van der Waals surface area contributed by atoms with Crippen molar-refractivity contribution in [3.8, 4) is 0 Å². The highest BCUT2D eigenvalue weighted by atomic mass is 31.2. The Hall–Kier alpha value is -2.17. The molecule has 3 aromatic carbocycles. The van der Waals surface area contributed by atoms with E-state index in [-0.39, 0.29) is 0 Å². The minimum absolute atomic E-state index is 1.07. The second-order valence-electron chi connectivity index (χ2n) is 6.26. The molecule has 0 bridgehead atoms. The van der Waals surface area contributed by atoms with Gasteiger partial charge < -0.3 is 0 Å². The van der Waals surface area contributed by atoms with Crippen LogP contribution in [0.25, 0.3) is 0 Å². The lowest BCUT2D eigenvalue weighted by atomic mass is 10.3. The van der Waals surface area contributed by atoms with E-state index in [9.17, 15) is 0 Å². The van der Waals surface area contributed by atoms with Crippen LogP contribution in [0.15, 0.2) is 103 Å². The van der Waals surface area contributed by atoms with Crippen LogP contribution in [0.1, 0.15) is 19.8 Å². The number of hydrogen-bond acceptors (Lipinski definition) is 0. The summed E-state index contributed by atoms with van der Waals surface area (Å²) in [7, 11) is -1.68. The second kappa shape index (κ2) is 8.79. The number of benzene rings is 3. The van der Waals surface area contributed by atoms with Crippen LogP contribution in [0.4, 0.5) is 0 Å². The molecule has 0 N–H and O–H groups in total. The van der Waals surface area contributed by atoms with Crippen LogP contribution in [0, 0.1) is 0 Å². The van der Waals surface area contributed by atoms with Gasteiger partial charge in [0.25, 0.3) is 0 Å². The summed E-state index contributed by atoms with van der Waals surface area (Å²) in [6.07, 6.45) is 8.18. The van der Waals surface area contributed by atoms with Gasteiger partial charge in [-0.3, -0.25) is 0 Å². The fourth-order valence-electron chi connectivity index (χ4n) is 3.33. The molecule has 0 unspecified atom stereocenters. The van der Waals surface area contributed by atoms with Crippen LogP contribution in [0.3, 0.4) is 0 Å². The van der Waals surface area contributed by atoms with Gasteiger partial charge in [0, 0.05) is 0 Å². The number of allylic oxidation sites excluding steroid dienone is 2. The van der Waals surface area contributed by atoms with Crippen LogP contribution < -0.4 is 15.9 Å². The lowest BCUT2D eigenvalue weighted by Gasteiger charge is -2.26. The van der Waals surface area contributed by atoms with E-state index in [0.717, 1.165) is 12.6 Å². The van der Waals surface area contributed by atoms with Crippen molar-refractivity contribution in [2.75, 3.05) is 6.16 Å². The Morgan fingerprint density at radius 3 is 1.36 bits per heavy atom. The fraction of sp³-hybridized carbons (Fsp3) is 0.167.